The predicted octanol–water partition coefficient (Wildman–Crippen LogP) is 2.69. The Morgan fingerprint density at radius 1 is 1.33 bits per heavy atom. The van der Waals surface area contributed by atoms with Gasteiger partial charge in [-0.15, -0.1) is 10.2 Å². The van der Waals surface area contributed by atoms with E-state index in [2.05, 4.69) is 22.4 Å². The van der Waals surface area contributed by atoms with Gasteiger partial charge in [0.1, 0.15) is 0 Å². The summed E-state index contributed by atoms with van der Waals surface area (Å²) in [7, 11) is 0. The number of nitrogens with zero attached hydrogens (tertiary/aromatic N) is 2. The molecule has 0 saturated heterocycles. The number of nitrogens with one attached hydrogen (secondary N) is 1. The Kier molecular flexibility index (Phi) is 4.53. The van der Waals surface area contributed by atoms with Crippen LogP contribution in [-0.2, 0) is 0 Å². The van der Waals surface area contributed by atoms with E-state index in [0.717, 1.165) is 12.5 Å². The number of halogens is 1. The third-order valence-corrected chi connectivity index (χ3v) is 3.75. The summed E-state index contributed by atoms with van der Waals surface area (Å²) in [5, 5.41) is 10.6. The zero-order chi connectivity index (χ0) is 13.0. The number of carbonyl (C=O) groups is 1. The normalized spacial score (nSPS) is 23.7. The quantitative estimate of drug-likeness (QED) is 0.916. The Labute approximate surface area is 112 Å². The summed E-state index contributed by atoms with van der Waals surface area (Å²) in [6, 6.07) is 3.17. The first kappa shape index (κ1) is 13.3. The van der Waals surface area contributed by atoms with Crippen molar-refractivity contribution in [3.05, 3.63) is 23.0 Å². The summed E-state index contributed by atoms with van der Waals surface area (Å²) in [4.78, 5) is 11.8. The van der Waals surface area contributed by atoms with E-state index in [1.165, 1.54) is 25.7 Å². The van der Waals surface area contributed by atoms with Crippen molar-refractivity contribution in [2.75, 3.05) is 6.54 Å². The lowest BCUT2D eigenvalue weighted by Gasteiger charge is -2.26. The van der Waals surface area contributed by atoms with E-state index in [4.69, 9.17) is 11.6 Å². The van der Waals surface area contributed by atoms with Gasteiger partial charge in [-0.1, -0.05) is 31.4 Å². The number of hydrogen-bond donors (Lipinski definition) is 1. The molecule has 0 atom stereocenters. The summed E-state index contributed by atoms with van der Waals surface area (Å²) in [5.74, 6) is 1.27. The van der Waals surface area contributed by atoms with Crippen molar-refractivity contribution in [1.82, 2.24) is 15.5 Å². The van der Waals surface area contributed by atoms with Crippen LogP contribution in [0.4, 0.5) is 0 Å². The van der Waals surface area contributed by atoms with Crippen LogP contribution in [0.5, 0.6) is 0 Å². The molecule has 1 aromatic rings. The molecule has 0 bridgehead atoms. The smallest absolute Gasteiger partial charge is 0.271 e. The molecule has 1 aromatic heterocycles. The molecule has 1 saturated carbocycles. The van der Waals surface area contributed by atoms with Crippen molar-refractivity contribution >= 4 is 17.5 Å². The van der Waals surface area contributed by atoms with Crippen LogP contribution in [0.15, 0.2) is 12.1 Å². The van der Waals surface area contributed by atoms with Gasteiger partial charge in [-0.2, -0.15) is 0 Å². The minimum atomic E-state index is -0.169. The van der Waals surface area contributed by atoms with Crippen molar-refractivity contribution < 1.29 is 4.79 Å². The highest BCUT2D eigenvalue weighted by Gasteiger charge is 2.19. The molecule has 98 valence electrons. The predicted molar refractivity (Wildman–Crippen MR) is 70.5 cm³/mol. The van der Waals surface area contributed by atoms with Crippen LogP contribution in [-0.4, -0.2) is 22.6 Å². The molecule has 18 heavy (non-hydrogen) atoms. The second kappa shape index (κ2) is 6.14. The first-order chi connectivity index (χ1) is 8.65. The maximum absolute atomic E-state index is 11.8. The van der Waals surface area contributed by atoms with Gasteiger partial charge >= 0.3 is 0 Å². The van der Waals surface area contributed by atoms with E-state index in [1.807, 2.05) is 0 Å². The lowest BCUT2D eigenvalue weighted by Crippen LogP contribution is -2.31. The standard InChI is InChI=1S/C13H18ClN3O/c1-9-2-4-10(5-3-9)8-15-13(18)11-6-7-12(14)17-16-11/h6-7,9-10H,2-5,8H2,1H3,(H,15,18). The monoisotopic (exact) mass is 267 g/mol. The minimum absolute atomic E-state index is 0.169. The van der Waals surface area contributed by atoms with Crippen LogP contribution in [0.25, 0.3) is 0 Å². The number of carbonyl (C=O) groups excluding carboxylic acids is 1. The third-order valence-electron chi connectivity index (χ3n) is 3.55. The summed E-state index contributed by atoms with van der Waals surface area (Å²) in [6.45, 7) is 3.02. The molecule has 2 rings (SSSR count). The van der Waals surface area contributed by atoms with Gasteiger partial charge < -0.3 is 5.32 Å². The van der Waals surface area contributed by atoms with Gasteiger partial charge in [0.2, 0.25) is 0 Å². The van der Waals surface area contributed by atoms with E-state index in [0.29, 0.717) is 16.8 Å². The number of amides is 1. The largest absolute Gasteiger partial charge is 0.350 e. The first-order valence-corrected chi connectivity index (χ1v) is 6.80. The fourth-order valence-corrected chi connectivity index (χ4v) is 2.40. The fourth-order valence-electron chi connectivity index (χ4n) is 2.30. The van der Waals surface area contributed by atoms with E-state index in [1.54, 1.807) is 12.1 Å². The van der Waals surface area contributed by atoms with Crippen LogP contribution in [0.2, 0.25) is 5.15 Å². The zero-order valence-corrected chi connectivity index (χ0v) is 11.3. The zero-order valence-electron chi connectivity index (χ0n) is 10.5. The van der Waals surface area contributed by atoms with Crippen LogP contribution in [0.1, 0.15) is 43.1 Å². The number of hydrogen-bond acceptors (Lipinski definition) is 3. The molecule has 0 spiro atoms. The Bertz CT molecular complexity index is 399. The van der Waals surface area contributed by atoms with Gasteiger partial charge in [-0.05, 0) is 36.8 Å². The van der Waals surface area contributed by atoms with E-state index >= 15 is 0 Å². The SMILES string of the molecule is CC1CCC(CNC(=O)c2ccc(Cl)nn2)CC1. The fraction of sp³-hybridized carbons (Fsp3) is 0.615. The molecule has 1 aliphatic rings. The Balaban J connectivity index is 1.79. The molecule has 1 aliphatic carbocycles. The van der Waals surface area contributed by atoms with Gasteiger partial charge in [0, 0.05) is 6.54 Å². The van der Waals surface area contributed by atoms with Crippen LogP contribution >= 0.6 is 11.6 Å². The molecule has 1 amide bonds. The second-order valence-electron chi connectivity index (χ2n) is 5.08. The molecule has 4 nitrogen and oxygen atoms in total. The molecular formula is C13H18ClN3O. The van der Waals surface area contributed by atoms with Crippen LogP contribution < -0.4 is 5.32 Å². The van der Waals surface area contributed by atoms with Crippen LogP contribution in [0.3, 0.4) is 0 Å². The highest BCUT2D eigenvalue weighted by atomic mass is 35.5. The minimum Gasteiger partial charge on any atom is -0.350 e. The highest BCUT2D eigenvalue weighted by Crippen LogP contribution is 2.27. The molecule has 0 aromatic carbocycles. The van der Waals surface area contributed by atoms with Crippen molar-refractivity contribution in [1.29, 1.82) is 0 Å². The lowest BCUT2D eigenvalue weighted by atomic mass is 9.83. The molecule has 0 unspecified atom stereocenters. The highest BCUT2D eigenvalue weighted by molar-refractivity contribution is 6.29. The van der Waals surface area contributed by atoms with Gasteiger partial charge in [0.05, 0.1) is 0 Å². The lowest BCUT2D eigenvalue weighted by molar-refractivity contribution is 0.0936. The molecule has 5 heteroatoms. The molecule has 1 heterocycles. The average Bonchev–Trinajstić information content (AvgIpc) is 2.38. The van der Waals surface area contributed by atoms with Crippen molar-refractivity contribution in [3.63, 3.8) is 0 Å². The Morgan fingerprint density at radius 3 is 2.67 bits per heavy atom. The van der Waals surface area contributed by atoms with E-state index < -0.39 is 0 Å². The van der Waals surface area contributed by atoms with Crippen molar-refractivity contribution in [3.8, 4) is 0 Å². The van der Waals surface area contributed by atoms with E-state index in [9.17, 15) is 4.79 Å². The van der Waals surface area contributed by atoms with E-state index in [-0.39, 0.29) is 5.91 Å². The summed E-state index contributed by atoms with van der Waals surface area (Å²) in [6.07, 6.45) is 4.93. The summed E-state index contributed by atoms with van der Waals surface area (Å²) < 4.78 is 0. The third kappa shape index (κ3) is 3.67. The average molecular weight is 268 g/mol. The first-order valence-electron chi connectivity index (χ1n) is 6.42. The van der Waals surface area contributed by atoms with Gasteiger partial charge in [-0.25, -0.2) is 0 Å². The molecule has 1 N–H and O–H groups in total. The Morgan fingerprint density at radius 2 is 2.06 bits per heavy atom. The molecule has 0 radical (unpaired) electrons. The maximum atomic E-state index is 11.8. The molecule has 0 aliphatic heterocycles. The topological polar surface area (TPSA) is 54.9 Å². The molecular weight excluding hydrogens is 250 g/mol. The van der Waals surface area contributed by atoms with Gasteiger partial charge in [0.15, 0.2) is 10.8 Å². The summed E-state index contributed by atoms with van der Waals surface area (Å²) >= 11 is 5.62. The van der Waals surface area contributed by atoms with Gasteiger partial charge in [-0.3, -0.25) is 4.79 Å². The van der Waals surface area contributed by atoms with Gasteiger partial charge in [0.25, 0.3) is 5.91 Å². The summed E-state index contributed by atoms with van der Waals surface area (Å²) in [5.41, 5.74) is 0.323. The van der Waals surface area contributed by atoms with Crippen LogP contribution in [0, 0.1) is 11.8 Å². The Hall–Kier alpha value is -1.16. The maximum Gasteiger partial charge on any atom is 0.271 e. The number of aromatic nitrogens is 2. The van der Waals surface area contributed by atoms with Crippen molar-refractivity contribution in [2.24, 2.45) is 11.8 Å². The van der Waals surface area contributed by atoms with Crippen molar-refractivity contribution in [2.45, 2.75) is 32.6 Å². The second-order valence-corrected chi connectivity index (χ2v) is 5.46. The number of rotatable bonds is 3. The molecule has 1 fully saturated rings.